The zero-order valence-electron chi connectivity index (χ0n) is 11.3. The molecule has 0 radical (unpaired) electrons. The highest BCUT2D eigenvalue weighted by Gasteiger charge is 2.18. The molecule has 0 fully saturated rings. The highest BCUT2D eigenvalue weighted by molar-refractivity contribution is 5.95. The molecule has 20 heavy (non-hydrogen) atoms. The van der Waals surface area contributed by atoms with E-state index < -0.39 is 11.9 Å². The minimum Gasteiger partial charge on any atom is -0.481 e. The Morgan fingerprint density at radius 1 is 1.40 bits per heavy atom. The van der Waals surface area contributed by atoms with Gasteiger partial charge >= 0.3 is 5.97 Å². The van der Waals surface area contributed by atoms with Crippen LogP contribution in [0.5, 0.6) is 0 Å². The first-order valence-corrected chi connectivity index (χ1v) is 6.40. The second-order valence-electron chi connectivity index (χ2n) is 4.91. The van der Waals surface area contributed by atoms with E-state index >= 15 is 0 Å². The number of carbonyl (C=O) groups is 1. The van der Waals surface area contributed by atoms with E-state index in [2.05, 4.69) is 16.0 Å². The number of aromatic nitrogens is 3. The smallest absolute Gasteiger partial charge is 0.313 e. The molecule has 0 aliphatic heterocycles. The molecule has 0 aliphatic rings. The van der Waals surface area contributed by atoms with E-state index in [1.165, 1.54) is 0 Å². The molecule has 1 unspecified atom stereocenters. The number of carboxylic acid groups (broad SMARTS) is 1. The van der Waals surface area contributed by atoms with Crippen molar-refractivity contribution in [3.05, 3.63) is 42.5 Å². The molecule has 2 aromatic heterocycles. The number of hydrogen-bond acceptors (Lipinski definition) is 2. The molecule has 0 spiro atoms. The lowest BCUT2D eigenvalue weighted by molar-refractivity contribution is -0.138. The van der Waals surface area contributed by atoms with Crippen LogP contribution in [-0.4, -0.2) is 25.6 Å². The summed E-state index contributed by atoms with van der Waals surface area (Å²) in [5.74, 6) is -1.05. The maximum atomic E-state index is 11.0. The Morgan fingerprint density at radius 3 is 2.90 bits per heavy atom. The van der Waals surface area contributed by atoms with E-state index in [0.29, 0.717) is 5.82 Å². The summed E-state index contributed by atoms with van der Waals surface area (Å²) < 4.78 is 2.05. The number of benzene rings is 1. The van der Waals surface area contributed by atoms with Crippen molar-refractivity contribution in [2.24, 2.45) is 7.05 Å². The lowest BCUT2D eigenvalue weighted by Crippen LogP contribution is -2.08. The van der Waals surface area contributed by atoms with Gasteiger partial charge in [-0.1, -0.05) is 18.2 Å². The van der Waals surface area contributed by atoms with Crippen LogP contribution in [0.1, 0.15) is 18.7 Å². The van der Waals surface area contributed by atoms with Crippen molar-refractivity contribution in [3.63, 3.8) is 0 Å². The third-order valence-corrected chi connectivity index (χ3v) is 3.56. The molecule has 0 amide bonds. The number of aliphatic carboxylic acids is 1. The maximum Gasteiger partial charge on any atom is 0.313 e. The van der Waals surface area contributed by atoms with Crippen molar-refractivity contribution >= 4 is 16.9 Å². The third-order valence-electron chi connectivity index (χ3n) is 3.56. The summed E-state index contributed by atoms with van der Waals surface area (Å²) in [7, 11) is 1.99. The molecule has 5 heteroatoms. The van der Waals surface area contributed by atoms with Crippen LogP contribution in [0.25, 0.3) is 22.2 Å². The van der Waals surface area contributed by atoms with Crippen LogP contribution in [0.4, 0.5) is 0 Å². The maximum absolute atomic E-state index is 11.0. The van der Waals surface area contributed by atoms with Gasteiger partial charge in [-0.05, 0) is 13.0 Å². The minimum absolute atomic E-state index is 0.473. The first-order chi connectivity index (χ1) is 9.58. The van der Waals surface area contributed by atoms with Crippen LogP contribution >= 0.6 is 0 Å². The van der Waals surface area contributed by atoms with Gasteiger partial charge < -0.3 is 14.7 Å². The van der Waals surface area contributed by atoms with Crippen molar-refractivity contribution in [3.8, 4) is 11.3 Å². The minimum atomic E-state index is -0.885. The van der Waals surface area contributed by atoms with Gasteiger partial charge in [0.2, 0.25) is 0 Å². The number of nitrogens with one attached hydrogen (secondary N) is 1. The van der Waals surface area contributed by atoms with Gasteiger partial charge in [0, 0.05) is 29.7 Å². The van der Waals surface area contributed by atoms with Gasteiger partial charge in [-0.15, -0.1) is 0 Å². The molecule has 2 N–H and O–H groups in total. The number of para-hydroxylation sites is 1. The van der Waals surface area contributed by atoms with Gasteiger partial charge in [0.15, 0.2) is 0 Å². The topological polar surface area (TPSA) is 70.9 Å². The number of rotatable bonds is 3. The van der Waals surface area contributed by atoms with E-state index in [9.17, 15) is 4.79 Å². The average Bonchev–Trinajstić information content (AvgIpc) is 3.03. The number of carboxylic acids is 1. The Labute approximate surface area is 115 Å². The van der Waals surface area contributed by atoms with E-state index in [0.717, 1.165) is 22.2 Å². The lowest BCUT2D eigenvalue weighted by atomic mass is 10.1. The van der Waals surface area contributed by atoms with Crippen LogP contribution in [0.15, 0.2) is 36.7 Å². The predicted octanol–water partition coefficient (Wildman–Crippen LogP) is 2.76. The molecule has 2 heterocycles. The molecule has 3 rings (SSSR count). The van der Waals surface area contributed by atoms with Crippen molar-refractivity contribution in [1.82, 2.24) is 14.5 Å². The summed E-state index contributed by atoms with van der Waals surface area (Å²) in [4.78, 5) is 18.3. The number of imidazole rings is 1. The van der Waals surface area contributed by atoms with Crippen LogP contribution < -0.4 is 0 Å². The average molecular weight is 269 g/mol. The van der Waals surface area contributed by atoms with Crippen LogP contribution in [-0.2, 0) is 11.8 Å². The quantitative estimate of drug-likeness (QED) is 0.768. The Bertz CT molecular complexity index is 785. The second kappa shape index (κ2) is 4.52. The van der Waals surface area contributed by atoms with Crippen molar-refractivity contribution in [1.29, 1.82) is 0 Å². The Hall–Kier alpha value is -2.56. The summed E-state index contributed by atoms with van der Waals surface area (Å²) in [6, 6.07) is 8.09. The van der Waals surface area contributed by atoms with E-state index in [1.807, 2.05) is 36.0 Å². The summed E-state index contributed by atoms with van der Waals surface area (Å²) in [6.45, 7) is 1.62. The first-order valence-electron chi connectivity index (χ1n) is 6.40. The molecule has 0 aliphatic carbocycles. The molecule has 1 atom stereocenters. The van der Waals surface area contributed by atoms with Crippen LogP contribution in [0.3, 0.4) is 0 Å². The third kappa shape index (κ3) is 1.87. The standard InChI is InChI=1S/C15H15N3O2/c1-9(15(19)20)14-16-7-12(17-14)11-8-18(2)13-6-4-3-5-10(11)13/h3-9H,1-2H3,(H,16,17)(H,19,20). The number of H-pyrrole nitrogens is 1. The van der Waals surface area contributed by atoms with E-state index in [1.54, 1.807) is 13.1 Å². The number of fused-ring (bicyclic) bond motifs is 1. The monoisotopic (exact) mass is 269 g/mol. The predicted molar refractivity (Wildman–Crippen MR) is 76.6 cm³/mol. The highest BCUT2D eigenvalue weighted by atomic mass is 16.4. The normalized spacial score (nSPS) is 12.7. The summed E-state index contributed by atoms with van der Waals surface area (Å²) in [5.41, 5.74) is 2.99. The second-order valence-corrected chi connectivity index (χ2v) is 4.91. The Kier molecular flexibility index (Phi) is 2.82. The lowest BCUT2D eigenvalue weighted by Gasteiger charge is -2.00. The Morgan fingerprint density at radius 2 is 2.15 bits per heavy atom. The molecular weight excluding hydrogens is 254 g/mol. The largest absolute Gasteiger partial charge is 0.481 e. The highest BCUT2D eigenvalue weighted by Crippen LogP contribution is 2.29. The van der Waals surface area contributed by atoms with Crippen molar-refractivity contribution in [2.45, 2.75) is 12.8 Å². The zero-order valence-corrected chi connectivity index (χ0v) is 11.3. The number of aromatic amines is 1. The van der Waals surface area contributed by atoms with Gasteiger partial charge in [-0.3, -0.25) is 4.79 Å². The van der Waals surface area contributed by atoms with Crippen LogP contribution in [0, 0.1) is 0 Å². The Balaban J connectivity index is 2.10. The molecule has 3 aromatic rings. The fourth-order valence-electron chi connectivity index (χ4n) is 2.37. The molecule has 102 valence electrons. The van der Waals surface area contributed by atoms with Gasteiger partial charge in [0.05, 0.1) is 11.9 Å². The molecule has 0 saturated carbocycles. The van der Waals surface area contributed by atoms with Gasteiger partial charge in [-0.25, -0.2) is 4.98 Å². The number of aryl methyl sites for hydroxylation is 1. The van der Waals surface area contributed by atoms with Crippen molar-refractivity contribution in [2.75, 3.05) is 0 Å². The van der Waals surface area contributed by atoms with Crippen LogP contribution in [0.2, 0.25) is 0 Å². The van der Waals surface area contributed by atoms with Gasteiger partial charge in [0.25, 0.3) is 0 Å². The SMILES string of the molecule is CC(C(=O)O)c1ncc(-c2cn(C)c3ccccc23)[nH]1. The summed E-state index contributed by atoms with van der Waals surface area (Å²) in [5, 5.41) is 10.1. The first kappa shape index (κ1) is 12.5. The van der Waals surface area contributed by atoms with Gasteiger partial charge in [-0.2, -0.15) is 0 Å². The molecule has 0 saturated heterocycles. The van der Waals surface area contributed by atoms with E-state index in [-0.39, 0.29) is 0 Å². The van der Waals surface area contributed by atoms with Crippen molar-refractivity contribution < 1.29 is 9.90 Å². The number of hydrogen-bond donors (Lipinski definition) is 2. The summed E-state index contributed by atoms with van der Waals surface area (Å²) >= 11 is 0. The van der Waals surface area contributed by atoms with E-state index in [4.69, 9.17) is 5.11 Å². The zero-order chi connectivity index (χ0) is 14.3. The summed E-state index contributed by atoms with van der Waals surface area (Å²) in [6.07, 6.45) is 3.71. The number of nitrogens with zero attached hydrogens (tertiary/aromatic N) is 2. The van der Waals surface area contributed by atoms with Gasteiger partial charge in [0.1, 0.15) is 11.7 Å². The fraction of sp³-hybridized carbons (Fsp3) is 0.200. The molecule has 5 nitrogen and oxygen atoms in total. The molecule has 1 aromatic carbocycles. The molecular formula is C15H15N3O2. The molecule has 0 bridgehead atoms. The fourth-order valence-corrected chi connectivity index (χ4v) is 2.37.